The van der Waals surface area contributed by atoms with Gasteiger partial charge in [-0.25, -0.2) is 0 Å². The van der Waals surface area contributed by atoms with Crippen molar-refractivity contribution in [2.24, 2.45) is 4.99 Å². The van der Waals surface area contributed by atoms with Gasteiger partial charge in [-0.2, -0.15) is 0 Å². The van der Waals surface area contributed by atoms with Crippen molar-refractivity contribution in [2.75, 3.05) is 0 Å². The number of halogens is 1. The molecule has 1 unspecified atom stereocenters. The molecular weight excluding hydrogens is 194 g/mol. The molecule has 2 rings (SSSR count). The summed E-state index contributed by atoms with van der Waals surface area (Å²) in [6, 6.07) is 8.30. The van der Waals surface area contributed by atoms with Crippen LogP contribution >= 0.6 is 11.6 Å². The lowest BCUT2D eigenvalue weighted by atomic mass is 10.0. The molecule has 0 radical (unpaired) electrons. The van der Waals surface area contributed by atoms with Crippen molar-refractivity contribution in [1.82, 2.24) is 0 Å². The first-order valence-corrected chi connectivity index (χ1v) is 5.52. The van der Waals surface area contributed by atoms with Gasteiger partial charge in [-0.3, -0.25) is 4.99 Å². The summed E-state index contributed by atoms with van der Waals surface area (Å²) in [5, 5.41) is 0.844. The maximum absolute atomic E-state index is 6.14. The molecule has 0 saturated heterocycles. The van der Waals surface area contributed by atoms with Crippen LogP contribution < -0.4 is 0 Å². The van der Waals surface area contributed by atoms with Gasteiger partial charge >= 0.3 is 0 Å². The Bertz CT molecular complexity index is 333. The molecule has 0 aromatic heterocycles. The van der Waals surface area contributed by atoms with Crippen molar-refractivity contribution < 1.29 is 0 Å². The normalized spacial score (nSPS) is 21.9. The summed E-state index contributed by atoms with van der Waals surface area (Å²) in [7, 11) is 0. The second-order valence-electron chi connectivity index (χ2n) is 3.65. The standard InChI is InChI=1S/C12H14ClN/c13-11-7-4-3-6-10(11)12-8-2-1-5-9-14-12/h3-4,6-7,9,12H,1-2,5,8H2. The molecule has 0 N–H and O–H groups in total. The molecule has 0 spiro atoms. The van der Waals surface area contributed by atoms with Gasteiger partial charge in [0.05, 0.1) is 6.04 Å². The summed E-state index contributed by atoms with van der Waals surface area (Å²) in [6.45, 7) is 0. The summed E-state index contributed by atoms with van der Waals surface area (Å²) in [6.07, 6.45) is 6.78. The van der Waals surface area contributed by atoms with E-state index in [2.05, 4.69) is 11.1 Å². The number of hydrogen-bond donors (Lipinski definition) is 0. The largest absolute Gasteiger partial charge is 0.289 e. The summed E-state index contributed by atoms with van der Waals surface area (Å²) in [4.78, 5) is 4.54. The van der Waals surface area contributed by atoms with Gasteiger partial charge in [-0.1, -0.05) is 36.2 Å². The Morgan fingerprint density at radius 1 is 1.21 bits per heavy atom. The minimum Gasteiger partial charge on any atom is -0.289 e. The van der Waals surface area contributed by atoms with Gasteiger partial charge in [0.2, 0.25) is 0 Å². The van der Waals surface area contributed by atoms with Crippen LogP contribution in [0.1, 0.15) is 37.3 Å². The SMILES string of the molecule is Clc1ccccc1C1CCCCC=N1. The van der Waals surface area contributed by atoms with Gasteiger partial charge < -0.3 is 0 Å². The molecule has 1 aromatic carbocycles. The fourth-order valence-electron chi connectivity index (χ4n) is 1.83. The third-order valence-electron chi connectivity index (χ3n) is 2.61. The molecule has 1 aromatic rings. The Labute approximate surface area is 89.8 Å². The molecule has 0 amide bonds. The van der Waals surface area contributed by atoms with Gasteiger partial charge in [0.1, 0.15) is 0 Å². The third kappa shape index (κ3) is 2.16. The minimum absolute atomic E-state index is 0.284. The Kier molecular flexibility index (Phi) is 3.20. The first-order valence-electron chi connectivity index (χ1n) is 5.14. The van der Waals surface area contributed by atoms with Crippen LogP contribution in [0.4, 0.5) is 0 Å². The van der Waals surface area contributed by atoms with Crippen molar-refractivity contribution in [2.45, 2.75) is 31.7 Å². The molecule has 74 valence electrons. The van der Waals surface area contributed by atoms with Crippen LogP contribution in [0.5, 0.6) is 0 Å². The highest BCUT2D eigenvalue weighted by Crippen LogP contribution is 2.30. The van der Waals surface area contributed by atoms with Crippen LogP contribution in [0.3, 0.4) is 0 Å². The van der Waals surface area contributed by atoms with Crippen LogP contribution in [0, 0.1) is 0 Å². The van der Waals surface area contributed by atoms with Crippen LogP contribution in [0.25, 0.3) is 0 Å². The third-order valence-corrected chi connectivity index (χ3v) is 2.95. The number of hydrogen-bond acceptors (Lipinski definition) is 1. The fourth-order valence-corrected chi connectivity index (χ4v) is 2.09. The highest BCUT2D eigenvalue weighted by Gasteiger charge is 2.13. The first-order chi connectivity index (χ1) is 6.88. The van der Waals surface area contributed by atoms with Gasteiger partial charge in [0.25, 0.3) is 0 Å². The van der Waals surface area contributed by atoms with Crippen molar-refractivity contribution >= 4 is 17.8 Å². The van der Waals surface area contributed by atoms with E-state index in [1.807, 2.05) is 24.4 Å². The molecule has 0 saturated carbocycles. The maximum atomic E-state index is 6.14. The quantitative estimate of drug-likeness (QED) is 0.660. The molecule has 0 fully saturated rings. The molecule has 1 atom stereocenters. The molecule has 1 aliphatic rings. The van der Waals surface area contributed by atoms with E-state index in [4.69, 9.17) is 11.6 Å². The molecule has 0 bridgehead atoms. The van der Waals surface area contributed by atoms with Crippen molar-refractivity contribution in [3.8, 4) is 0 Å². The molecule has 1 nitrogen and oxygen atoms in total. The Balaban J connectivity index is 2.24. The van der Waals surface area contributed by atoms with E-state index in [9.17, 15) is 0 Å². The lowest BCUT2D eigenvalue weighted by molar-refractivity contribution is 0.618. The van der Waals surface area contributed by atoms with Crippen molar-refractivity contribution in [1.29, 1.82) is 0 Å². The van der Waals surface area contributed by atoms with Gasteiger partial charge in [0.15, 0.2) is 0 Å². The summed E-state index contributed by atoms with van der Waals surface area (Å²) in [5.74, 6) is 0. The molecule has 2 heteroatoms. The average molecular weight is 208 g/mol. The van der Waals surface area contributed by atoms with E-state index in [0.717, 1.165) is 17.9 Å². The predicted molar refractivity (Wildman–Crippen MR) is 61.2 cm³/mol. The number of nitrogens with zero attached hydrogens (tertiary/aromatic N) is 1. The van der Waals surface area contributed by atoms with Gasteiger partial charge in [-0.05, 0) is 37.1 Å². The number of rotatable bonds is 1. The van der Waals surface area contributed by atoms with E-state index in [0.29, 0.717) is 0 Å². The second-order valence-corrected chi connectivity index (χ2v) is 4.06. The van der Waals surface area contributed by atoms with Crippen molar-refractivity contribution in [3.63, 3.8) is 0 Å². The van der Waals surface area contributed by atoms with Gasteiger partial charge in [-0.15, -0.1) is 0 Å². The van der Waals surface area contributed by atoms with Crippen LogP contribution in [0.15, 0.2) is 29.3 Å². The smallest absolute Gasteiger partial charge is 0.0759 e. The van der Waals surface area contributed by atoms with E-state index in [-0.39, 0.29) is 6.04 Å². The van der Waals surface area contributed by atoms with E-state index < -0.39 is 0 Å². The fraction of sp³-hybridized carbons (Fsp3) is 0.417. The highest BCUT2D eigenvalue weighted by atomic mass is 35.5. The second kappa shape index (κ2) is 4.61. The Morgan fingerprint density at radius 2 is 2.07 bits per heavy atom. The zero-order valence-electron chi connectivity index (χ0n) is 8.12. The molecule has 1 aliphatic heterocycles. The van der Waals surface area contributed by atoms with Crippen molar-refractivity contribution in [3.05, 3.63) is 34.9 Å². The first kappa shape index (κ1) is 9.72. The molecular formula is C12H14ClN. The zero-order chi connectivity index (χ0) is 9.80. The summed E-state index contributed by atoms with van der Waals surface area (Å²) in [5.41, 5.74) is 1.17. The van der Waals surface area contributed by atoms with Crippen LogP contribution in [0.2, 0.25) is 5.02 Å². The monoisotopic (exact) mass is 207 g/mol. The number of aliphatic imine (C=N–C) groups is 1. The van der Waals surface area contributed by atoms with Gasteiger partial charge in [0, 0.05) is 5.02 Å². The van der Waals surface area contributed by atoms with E-state index in [1.54, 1.807) is 0 Å². The van der Waals surface area contributed by atoms with E-state index >= 15 is 0 Å². The number of benzene rings is 1. The Hall–Kier alpha value is -0.820. The van der Waals surface area contributed by atoms with Crippen LogP contribution in [-0.4, -0.2) is 6.21 Å². The molecule has 1 heterocycles. The lowest BCUT2D eigenvalue weighted by Gasteiger charge is -2.12. The topological polar surface area (TPSA) is 12.4 Å². The predicted octanol–water partition coefficient (Wildman–Crippen LogP) is 4.03. The Morgan fingerprint density at radius 3 is 2.93 bits per heavy atom. The molecule has 0 aliphatic carbocycles. The molecule has 14 heavy (non-hydrogen) atoms. The highest BCUT2D eigenvalue weighted by molar-refractivity contribution is 6.31. The maximum Gasteiger partial charge on any atom is 0.0759 e. The lowest BCUT2D eigenvalue weighted by Crippen LogP contribution is -1.95. The average Bonchev–Trinajstić information content (AvgIpc) is 2.47. The summed E-state index contributed by atoms with van der Waals surface area (Å²) >= 11 is 6.14. The zero-order valence-corrected chi connectivity index (χ0v) is 8.87. The van der Waals surface area contributed by atoms with Crippen LogP contribution in [-0.2, 0) is 0 Å². The van der Waals surface area contributed by atoms with E-state index in [1.165, 1.54) is 18.4 Å². The summed E-state index contributed by atoms with van der Waals surface area (Å²) < 4.78 is 0. The minimum atomic E-state index is 0.284.